The van der Waals surface area contributed by atoms with Gasteiger partial charge in [0.05, 0.1) is 37.5 Å². The molecule has 0 aliphatic carbocycles. The van der Waals surface area contributed by atoms with Crippen LogP contribution >= 0.6 is 7.60 Å². The third-order valence-corrected chi connectivity index (χ3v) is 4.96. The Labute approximate surface area is 136 Å². The van der Waals surface area contributed by atoms with Gasteiger partial charge in [-0.1, -0.05) is 12.1 Å². The molecule has 1 heterocycles. The number of aryl methyl sites for hydroxylation is 1. The Balaban J connectivity index is 2.12. The second-order valence-electron chi connectivity index (χ2n) is 4.85. The minimum atomic E-state index is -3.13. The van der Waals surface area contributed by atoms with Crippen molar-refractivity contribution in [2.75, 3.05) is 13.2 Å². The summed E-state index contributed by atoms with van der Waals surface area (Å²) in [6, 6.07) is 7.29. The number of ether oxygens (including phenoxy) is 1. The number of aromatic nitrogens is 2. The lowest BCUT2D eigenvalue weighted by Gasteiger charge is -2.17. The standard InChI is InChI=1S/C16H21N2O4P/c1-4-20-23(19,21-5-2)12-14-7-6-8-15(9-14)22-16-11-17-13(3)10-18-16/h6-11H,4-5,12H2,1-3H3. The van der Waals surface area contributed by atoms with Crippen LogP contribution in [0.5, 0.6) is 11.6 Å². The van der Waals surface area contributed by atoms with E-state index in [0.29, 0.717) is 24.8 Å². The van der Waals surface area contributed by atoms with Crippen molar-refractivity contribution in [2.45, 2.75) is 26.9 Å². The number of hydrogen-bond donors (Lipinski definition) is 0. The van der Waals surface area contributed by atoms with Crippen molar-refractivity contribution in [3.8, 4) is 11.6 Å². The van der Waals surface area contributed by atoms with Crippen LogP contribution in [-0.2, 0) is 19.8 Å². The monoisotopic (exact) mass is 336 g/mol. The van der Waals surface area contributed by atoms with Crippen LogP contribution in [0.3, 0.4) is 0 Å². The summed E-state index contributed by atoms with van der Waals surface area (Å²) in [5.41, 5.74) is 1.63. The minimum Gasteiger partial charge on any atom is -0.437 e. The summed E-state index contributed by atoms with van der Waals surface area (Å²) in [5, 5.41) is 0. The van der Waals surface area contributed by atoms with Gasteiger partial charge in [-0.05, 0) is 38.5 Å². The smallest absolute Gasteiger partial charge is 0.335 e. The van der Waals surface area contributed by atoms with Gasteiger partial charge in [-0.25, -0.2) is 4.98 Å². The first kappa shape index (κ1) is 17.6. The highest BCUT2D eigenvalue weighted by Crippen LogP contribution is 2.51. The third-order valence-electron chi connectivity index (χ3n) is 2.91. The van der Waals surface area contributed by atoms with E-state index in [-0.39, 0.29) is 6.16 Å². The van der Waals surface area contributed by atoms with E-state index in [4.69, 9.17) is 13.8 Å². The van der Waals surface area contributed by atoms with Crippen molar-refractivity contribution >= 4 is 7.60 Å². The highest BCUT2D eigenvalue weighted by Gasteiger charge is 2.24. The first-order valence-corrected chi connectivity index (χ1v) is 9.21. The van der Waals surface area contributed by atoms with Crippen molar-refractivity contribution in [1.29, 1.82) is 0 Å². The van der Waals surface area contributed by atoms with Crippen LogP contribution in [0.4, 0.5) is 0 Å². The zero-order valence-electron chi connectivity index (χ0n) is 13.6. The van der Waals surface area contributed by atoms with E-state index in [1.807, 2.05) is 19.1 Å². The highest BCUT2D eigenvalue weighted by molar-refractivity contribution is 7.53. The summed E-state index contributed by atoms with van der Waals surface area (Å²) >= 11 is 0. The maximum atomic E-state index is 12.6. The molecule has 0 amide bonds. The highest BCUT2D eigenvalue weighted by atomic mass is 31.2. The molecule has 0 radical (unpaired) electrons. The molecular formula is C16H21N2O4P. The number of hydrogen-bond acceptors (Lipinski definition) is 6. The van der Waals surface area contributed by atoms with Crippen LogP contribution in [0, 0.1) is 6.92 Å². The van der Waals surface area contributed by atoms with Crippen LogP contribution in [-0.4, -0.2) is 23.2 Å². The summed E-state index contributed by atoms with van der Waals surface area (Å²) < 4.78 is 28.9. The molecule has 0 N–H and O–H groups in total. The molecule has 0 fully saturated rings. The van der Waals surface area contributed by atoms with E-state index < -0.39 is 7.60 Å². The van der Waals surface area contributed by atoms with Gasteiger partial charge >= 0.3 is 7.60 Å². The fourth-order valence-electron chi connectivity index (χ4n) is 2.01. The maximum Gasteiger partial charge on any atom is 0.335 e. The molecular weight excluding hydrogens is 315 g/mol. The molecule has 23 heavy (non-hydrogen) atoms. The van der Waals surface area contributed by atoms with E-state index >= 15 is 0 Å². The number of benzene rings is 1. The Morgan fingerprint density at radius 1 is 1.09 bits per heavy atom. The average molecular weight is 336 g/mol. The van der Waals surface area contributed by atoms with Crippen LogP contribution in [0.25, 0.3) is 0 Å². The Kier molecular flexibility index (Phi) is 6.28. The lowest BCUT2D eigenvalue weighted by molar-refractivity contribution is 0.219. The molecule has 2 aromatic rings. The van der Waals surface area contributed by atoms with Gasteiger partial charge < -0.3 is 13.8 Å². The molecule has 1 aromatic heterocycles. The predicted molar refractivity (Wildman–Crippen MR) is 87.8 cm³/mol. The molecule has 2 rings (SSSR count). The topological polar surface area (TPSA) is 70.5 Å². The summed E-state index contributed by atoms with van der Waals surface area (Å²) in [6.45, 7) is 6.12. The molecule has 0 aliphatic rings. The first-order chi connectivity index (χ1) is 11.0. The van der Waals surface area contributed by atoms with E-state index in [1.54, 1.807) is 38.4 Å². The number of nitrogens with zero attached hydrogens (tertiary/aromatic N) is 2. The van der Waals surface area contributed by atoms with Gasteiger partial charge in [0, 0.05) is 0 Å². The first-order valence-electron chi connectivity index (χ1n) is 7.48. The number of rotatable bonds is 8. The van der Waals surface area contributed by atoms with Gasteiger partial charge in [0.15, 0.2) is 0 Å². The molecule has 7 heteroatoms. The Morgan fingerprint density at radius 3 is 2.43 bits per heavy atom. The minimum absolute atomic E-state index is 0.200. The van der Waals surface area contributed by atoms with Crippen LogP contribution in [0.2, 0.25) is 0 Å². The quantitative estimate of drug-likeness (QED) is 0.668. The molecule has 0 unspecified atom stereocenters. The van der Waals surface area contributed by atoms with E-state index in [0.717, 1.165) is 11.3 Å². The SMILES string of the molecule is CCOP(=O)(Cc1cccc(Oc2cnc(C)cn2)c1)OCC. The van der Waals surface area contributed by atoms with E-state index in [1.165, 1.54) is 0 Å². The molecule has 6 nitrogen and oxygen atoms in total. The summed E-state index contributed by atoms with van der Waals surface area (Å²) in [5.74, 6) is 1.01. The molecule has 1 aromatic carbocycles. The van der Waals surface area contributed by atoms with Crippen molar-refractivity contribution in [1.82, 2.24) is 9.97 Å². The lowest BCUT2D eigenvalue weighted by atomic mass is 10.2. The van der Waals surface area contributed by atoms with Crippen LogP contribution in [0.15, 0.2) is 36.7 Å². The summed E-state index contributed by atoms with van der Waals surface area (Å²) in [4.78, 5) is 8.28. The zero-order chi connectivity index (χ0) is 16.7. The second-order valence-corrected chi connectivity index (χ2v) is 6.90. The zero-order valence-corrected chi connectivity index (χ0v) is 14.5. The molecule has 0 saturated carbocycles. The van der Waals surface area contributed by atoms with Gasteiger partial charge in [-0.2, -0.15) is 0 Å². The van der Waals surface area contributed by atoms with E-state index in [2.05, 4.69) is 9.97 Å². The predicted octanol–water partition coefficient (Wildman–Crippen LogP) is 4.34. The third kappa shape index (κ3) is 5.43. The van der Waals surface area contributed by atoms with Crippen molar-refractivity contribution in [2.24, 2.45) is 0 Å². The molecule has 0 atom stereocenters. The Morgan fingerprint density at radius 2 is 1.83 bits per heavy atom. The summed E-state index contributed by atoms with van der Waals surface area (Å²) in [7, 11) is -3.13. The lowest BCUT2D eigenvalue weighted by Crippen LogP contribution is -1.99. The molecule has 0 saturated heterocycles. The Bertz CT molecular complexity index is 666. The van der Waals surface area contributed by atoms with Crippen molar-refractivity contribution in [3.63, 3.8) is 0 Å². The molecule has 0 aliphatic heterocycles. The van der Waals surface area contributed by atoms with Crippen LogP contribution < -0.4 is 4.74 Å². The second kappa shape index (κ2) is 8.20. The maximum absolute atomic E-state index is 12.6. The summed E-state index contributed by atoms with van der Waals surface area (Å²) in [6.07, 6.45) is 3.40. The van der Waals surface area contributed by atoms with Gasteiger partial charge in [0.2, 0.25) is 5.88 Å². The average Bonchev–Trinajstić information content (AvgIpc) is 2.50. The van der Waals surface area contributed by atoms with Crippen molar-refractivity contribution < 1.29 is 18.3 Å². The van der Waals surface area contributed by atoms with E-state index in [9.17, 15) is 4.57 Å². The van der Waals surface area contributed by atoms with Gasteiger partial charge in [0.1, 0.15) is 5.75 Å². The van der Waals surface area contributed by atoms with Gasteiger partial charge in [0.25, 0.3) is 0 Å². The molecule has 0 spiro atoms. The van der Waals surface area contributed by atoms with Gasteiger partial charge in [-0.3, -0.25) is 9.55 Å². The van der Waals surface area contributed by atoms with Gasteiger partial charge in [-0.15, -0.1) is 0 Å². The van der Waals surface area contributed by atoms with Crippen LogP contribution in [0.1, 0.15) is 25.1 Å². The fourth-order valence-corrected chi connectivity index (χ4v) is 3.69. The van der Waals surface area contributed by atoms with Crippen molar-refractivity contribution in [3.05, 3.63) is 47.9 Å². The molecule has 124 valence electrons. The Hall–Kier alpha value is -1.75. The largest absolute Gasteiger partial charge is 0.437 e. The normalized spacial score (nSPS) is 11.4. The molecule has 0 bridgehead atoms. The fraction of sp³-hybridized carbons (Fsp3) is 0.375.